The molecule has 1 aromatic heterocycles. The van der Waals surface area contributed by atoms with E-state index in [0.29, 0.717) is 11.3 Å². The van der Waals surface area contributed by atoms with Crippen molar-refractivity contribution in [1.29, 1.82) is 0 Å². The van der Waals surface area contributed by atoms with Crippen molar-refractivity contribution in [2.45, 2.75) is 46.1 Å². The van der Waals surface area contributed by atoms with Gasteiger partial charge in [0.05, 0.1) is 24.5 Å². The summed E-state index contributed by atoms with van der Waals surface area (Å²) >= 11 is 0. The van der Waals surface area contributed by atoms with Gasteiger partial charge in [0.25, 0.3) is 5.91 Å². The van der Waals surface area contributed by atoms with Crippen LogP contribution in [0.1, 0.15) is 50.0 Å². The van der Waals surface area contributed by atoms with E-state index in [1.54, 1.807) is 33.9 Å². The first-order chi connectivity index (χ1) is 19.4. The molecular formula is C30H35N3O8. The van der Waals surface area contributed by atoms with Gasteiger partial charge in [-0.25, -0.2) is 4.79 Å². The van der Waals surface area contributed by atoms with Gasteiger partial charge < -0.3 is 29.8 Å². The van der Waals surface area contributed by atoms with E-state index in [2.05, 4.69) is 15.6 Å². The minimum atomic E-state index is -0.825. The molecule has 0 aliphatic heterocycles. The number of fused-ring (bicyclic) bond motifs is 1. The molecule has 0 aliphatic rings. The lowest BCUT2D eigenvalue weighted by Gasteiger charge is -2.22. The zero-order chi connectivity index (χ0) is 30.0. The highest BCUT2D eigenvalue weighted by Gasteiger charge is 2.27. The molecule has 3 aromatic rings. The molecule has 0 unspecified atom stereocenters. The minimum Gasteiger partial charge on any atom is -0.462 e. The molecule has 1 atom stereocenters. The molecule has 218 valence electrons. The van der Waals surface area contributed by atoms with Crippen molar-refractivity contribution < 1.29 is 38.2 Å². The number of anilines is 1. The molecule has 0 saturated heterocycles. The van der Waals surface area contributed by atoms with Crippen LogP contribution in [0.15, 0.2) is 54.7 Å². The summed E-state index contributed by atoms with van der Waals surface area (Å²) in [5.41, 5.74) is 1.76. The van der Waals surface area contributed by atoms with Crippen molar-refractivity contribution in [3.05, 3.63) is 65.9 Å². The molecule has 0 radical (unpaired) electrons. The fraction of sp³-hybridized carbons (Fsp3) is 0.367. The van der Waals surface area contributed by atoms with Crippen LogP contribution in [0.5, 0.6) is 0 Å². The van der Waals surface area contributed by atoms with Gasteiger partial charge in [0.1, 0.15) is 12.1 Å². The van der Waals surface area contributed by atoms with Gasteiger partial charge in [-0.1, -0.05) is 18.2 Å². The van der Waals surface area contributed by atoms with Crippen LogP contribution >= 0.6 is 0 Å². The van der Waals surface area contributed by atoms with E-state index >= 15 is 0 Å². The topological polar surface area (TPSA) is 153 Å². The van der Waals surface area contributed by atoms with E-state index in [-0.39, 0.29) is 19.4 Å². The summed E-state index contributed by atoms with van der Waals surface area (Å²) < 4.78 is 15.3. The van der Waals surface area contributed by atoms with Crippen LogP contribution in [0.25, 0.3) is 10.9 Å². The minimum absolute atomic E-state index is 0.185. The van der Waals surface area contributed by atoms with Crippen LogP contribution < -0.4 is 10.6 Å². The first-order valence-electron chi connectivity index (χ1n) is 13.2. The summed E-state index contributed by atoms with van der Waals surface area (Å²) in [6, 6.07) is 13.6. The van der Waals surface area contributed by atoms with Gasteiger partial charge in [-0.2, -0.15) is 0 Å². The third kappa shape index (κ3) is 9.79. The van der Waals surface area contributed by atoms with Gasteiger partial charge in [0.15, 0.2) is 6.61 Å². The molecule has 0 bridgehead atoms. The van der Waals surface area contributed by atoms with E-state index in [0.717, 1.165) is 16.5 Å². The Morgan fingerprint density at radius 3 is 2.32 bits per heavy atom. The van der Waals surface area contributed by atoms with Gasteiger partial charge in [-0.05, 0) is 70.0 Å². The second-order valence-corrected chi connectivity index (χ2v) is 10.3. The molecule has 0 aliphatic carbocycles. The number of carbonyl (C=O) groups is 5. The van der Waals surface area contributed by atoms with Gasteiger partial charge >= 0.3 is 17.9 Å². The number of amides is 2. The van der Waals surface area contributed by atoms with E-state index in [4.69, 9.17) is 14.2 Å². The molecule has 2 aromatic carbocycles. The maximum absolute atomic E-state index is 13.1. The Morgan fingerprint density at radius 1 is 0.927 bits per heavy atom. The zero-order valence-corrected chi connectivity index (χ0v) is 23.6. The van der Waals surface area contributed by atoms with Gasteiger partial charge in [0.2, 0.25) is 5.91 Å². The van der Waals surface area contributed by atoms with Crippen LogP contribution in [0.2, 0.25) is 0 Å². The van der Waals surface area contributed by atoms with Crippen molar-refractivity contribution in [2.24, 2.45) is 5.92 Å². The Kier molecular flexibility index (Phi) is 10.6. The van der Waals surface area contributed by atoms with Crippen LogP contribution in [-0.2, 0) is 39.8 Å². The summed E-state index contributed by atoms with van der Waals surface area (Å²) in [6.07, 6.45) is 1.84. The first kappa shape index (κ1) is 30.9. The number of esters is 3. The number of ether oxygens (including phenoxy) is 3. The molecule has 3 rings (SSSR count). The molecule has 41 heavy (non-hydrogen) atoms. The third-order valence-electron chi connectivity index (χ3n) is 5.80. The SMILES string of the molecule is CCOC(=O)c1ccc(NC(=O)COC(=O)CNC(=O)[C@@H](CC(=O)OC(C)(C)C)Cc2c[nH]c3ccccc23)cc1. The Balaban J connectivity index is 1.53. The summed E-state index contributed by atoms with van der Waals surface area (Å²) in [5, 5.41) is 5.98. The van der Waals surface area contributed by atoms with Crippen LogP contribution in [-0.4, -0.2) is 60.1 Å². The number of hydrogen-bond donors (Lipinski definition) is 3. The number of aromatic amines is 1. The van der Waals surface area contributed by atoms with E-state index in [1.807, 2.05) is 24.3 Å². The van der Waals surface area contributed by atoms with Gasteiger partial charge in [-0.15, -0.1) is 0 Å². The van der Waals surface area contributed by atoms with E-state index in [9.17, 15) is 24.0 Å². The molecule has 0 spiro atoms. The smallest absolute Gasteiger partial charge is 0.338 e. The Bertz CT molecular complexity index is 1390. The predicted octanol–water partition coefficient (Wildman–Crippen LogP) is 3.53. The Morgan fingerprint density at radius 2 is 1.63 bits per heavy atom. The maximum atomic E-state index is 13.1. The summed E-state index contributed by atoms with van der Waals surface area (Å²) in [6.45, 7) is 6.10. The molecular weight excluding hydrogens is 530 g/mol. The van der Waals surface area contributed by atoms with Crippen molar-refractivity contribution in [3.8, 4) is 0 Å². The first-order valence-corrected chi connectivity index (χ1v) is 13.2. The largest absolute Gasteiger partial charge is 0.462 e. The fourth-order valence-corrected chi connectivity index (χ4v) is 4.01. The second kappa shape index (κ2) is 14.1. The van der Waals surface area contributed by atoms with Crippen molar-refractivity contribution in [2.75, 3.05) is 25.1 Å². The normalized spacial score (nSPS) is 11.8. The van der Waals surface area contributed by atoms with Crippen LogP contribution in [0, 0.1) is 5.92 Å². The second-order valence-electron chi connectivity index (χ2n) is 10.3. The maximum Gasteiger partial charge on any atom is 0.338 e. The summed E-state index contributed by atoms with van der Waals surface area (Å²) in [4.78, 5) is 64.9. The highest BCUT2D eigenvalue weighted by atomic mass is 16.6. The Hall–Kier alpha value is -4.67. The summed E-state index contributed by atoms with van der Waals surface area (Å²) in [7, 11) is 0. The molecule has 0 saturated carbocycles. The number of carbonyl (C=O) groups excluding carboxylic acids is 5. The number of aromatic nitrogens is 1. The highest BCUT2D eigenvalue weighted by molar-refractivity contribution is 5.95. The average molecular weight is 566 g/mol. The Labute approximate surface area is 237 Å². The number of nitrogens with one attached hydrogen (secondary N) is 3. The number of H-pyrrole nitrogens is 1. The molecule has 3 N–H and O–H groups in total. The third-order valence-corrected chi connectivity index (χ3v) is 5.80. The van der Waals surface area contributed by atoms with E-state index in [1.165, 1.54) is 24.3 Å². The van der Waals surface area contributed by atoms with Crippen molar-refractivity contribution >= 4 is 46.3 Å². The lowest BCUT2D eigenvalue weighted by Crippen LogP contribution is -2.38. The monoisotopic (exact) mass is 565 g/mol. The molecule has 2 amide bonds. The number of para-hydroxylation sites is 1. The number of benzene rings is 2. The molecule has 11 heteroatoms. The summed E-state index contributed by atoms with van der Waals surface area (Å²) in [5.74, 6) is -3.77. The van der Waals surface area contributed by atoms with Crippen LogP contribution in [0.4, 0.5) is 5.69 Å². The number of rotatable bonds is 12. The predicted molar refractivity (Wildman–Crippen MR) is 151 cm³/mol. The molecule has 11 nitrogen and oxygen atoms in total. The zero-order valence-electron chi connectivity index (χ0n) is 23.6. The lowest BCUT2D eigenvalue weighted by atomic mass is 9.94. The molecule has 1 heterocycles. The van der Waals surface area contributed by atoms with Crippen LogP contribution in [0.3, 0.4) is 0 Å². The standard InChI is InChI=1S/C30H35N3O8/c1-5-39-29(38)19-10-12-22(13-11-19)33-25(34)18-40-27(36)17-32-28(37)20(15-26(35)41-30(2,3)4)14-21-16-31-24-9-7-6-8-23(21)24/h6-13,16,20,31H,5,14-15,17-18H2,1-4H3,(H,32,37)(H,33,34)/t20-/m1/s1. The average Bonchev–Trinajstić information content (AvgIpc) is 3.32. The van der Waals surface area contributed by atoms with Gasteiger partial charge in [0, 0.05) is 22.8 Å². The quantitative estimate of drug-likeness (QED) is 0.223. The lowest BCUT2D eigenvalue weighted by molar-refractivity contribution is -0.157. The van der Waals surface area contributed by atoms with Crippen molar-refractivity contribution in [3.63, 3.8) is 0 Å². The fourth-order valence-electron chi connectivity index (χ4n) is 4.01. The highest BCUT2D eigenvalue weighted by Crippen LogP contribution is 2.23. The van der Waals surface area contributed by atoms with Crippen molar-refractivity contribution in [1.82, 2.24) is 10.3 Å². The van der Waals surface area contributed by atoms with E-state index < -0.39 is 54.4 Å². The number of hydrogen-bond acceptors (Lipinski definition) is 8. The van der Waals surface area contributed by atoms with Gasteiger partial charge in [-0.3, -0.25) is 19.2 Å². The molecule has 0 fully saturated rings.